The second kappa shape index (κ2) is 7.28. The number of nitrogens with one attached hydrogen (secondary N) is 1. The van der Waals surface area contributed by atoms with Crippen molar-refractivity contribution in [1.29, 1.82) is 0 Å². The van der Waals surface area contributed by atoms with Crippen LogP contribution in [0.3, 0.4) is 0 Å². The zero-order valence-corrected chi connectivity index (χ0v) is 13.2. The van der Waals surface area contributed by atoms with Gasteiger partial charge in [-0.1, -0.05) is 33.6 Å². The number of amides is 1. The Bertz CT molecular complexity index is 281. The van der Waals surface area contributed by atoms with Crippen molar-refractivity contribution >= 4 is 5.91 Å². The topological polar surface area (TPSA) is 55.1 Å². The molecule has 0 saturated heterocycles. The molecule has 0 aromatic rings. The van der Waals surface area contributed by atoms with Crippen LogP contribution in [0, 0.1) is 11.3 Å². The molecule has 3 atom stereocenters. The van der Waals surface area contributed by atoms with Gasteiger partial charge < -0.3 is 11.1 Å². The Kier molecular flexibility index (Phi) is 6.31. The molecule has 1 aliphatic rings. The molecule has 1 rings (SSSR count). The summed E-state index contributed by atoms with van der Waals surface area (Å²) < 4.78 is 0. The fourth-order valence-corrected chi connectivity index (χ4v) is 3.20. The Hall–Kier alpha value is -0.570. The summed E-state index contributed by atoms with van der Waals surface area (Å²) in [6, 6.07) is 0.571. The van der Waals surface area contributed by atoms with Gasteiger partial charge in [0.2, 0.25) is 5.91 Å². The Morgan fingerprint density at radius 2 is 1.95 bits per heavy atom. The molecule has 0 aliphatic heterocycles. The van der Waals surface area contributed by atoms with E-state index in [1.54, 1.807) is 0 Å². The van der Waals surface area contributed by atoms with Crippen LogP contribution in [-0.4, -0.2) is 18.0 Å². The Balaban J connectivity index is 2.42. The summed E-state index contributed by atoms with van der Waals surface area (Å²) in [5.41, 5.74) is 5.99. The molecule has 0 aromatic carbocycles. The maximum atomic E-state index is 12.0. The molecule has 3 N–H and O–H groups in total. The highest BCUT2D eigenvalue weighted by molar-refractivity contribution is 5.76. The largest absolute Gasteiger partial charge is 0.353 e. The van der Waals surface area contributed by atoms with E-state index < -0.39 is 0 Å². The number of carbonyl (C=O) groups is 1. The molecule has 3 unspecified atom stereocenters. The van der Waals surface area contributed by atoms with E-state index in [1.807, 2.05) is 6.92 Å². The van der Waals surface area contributed by atoms with Crippen LogP contribution < -0.4 is 11.1 Å². The van der Waals surface area contributed by atoms with Crippen LogP contribution in [-0.2, 0) is 4.79 Å². The highest BCUT2D eigenvalue weighted by atomic mass is 16.1. The summed E-state index contributed by atoms with van der Waals surface area (Å²) in [5, 5.41) is 3.27. The predicted molar refractivity (Wildman–Crippen MR) is 80.8 cm³/mol. The van der Waals surface area contributed by atoms with E-state index in [9.17, 15) is 4.79 Å². The van der Waals surface area contributed by atoms with Gasteiger partial charge in [-0.25, -0.2) is 0 Å². The van der Waals surface area contributed by atoms with Crippen LogP contribution in [0.5, 0.6) is 0 Å². The monoisotopic (exact) mass is 268 g/mol. The highest BCUT2D eigenvalue weighted by Gasteiger charge is 2.34. The van der Waals surface area contributed by atoms with Gasteiger partial charge in [0.15, 0.2) is 0 Å². The fourth-order valence-electron chi connectivity index (χ4n) is 3.20. The summed E-state index contributed by atoms with van der Waals surface area (Å²) >= 11 is 0. The van der Waals surface area contributed by atoms with Gasteiger partial charge in [-0.05, 0) is 43.9 Å². The van der Waals surface area contributed by atoms with Crippen molar-refractivity contribution in [3.8, 4) is 0 Å². The van der Waals surface area contributed by atoms with Crippen LogP contribution in [0.4, 0.5) is 0 Å². The number of nitrogens with two attached hydrogens (primary N) is 1. The fraction of sp³-hybridized carbons (Fsp3) is 0.938. The van der Waals surface area contributed by atoms with E-state index in [-0.39, 0.29) is 17.4 Å². The van der Waals surface area contributed by atoms with Crippen molar-refractivity contribution < 1.29 is 4.79 Å². The number of hydrogen-bond acceptors (Lipinski definition) is 2. The summed E-state index contributed by atoms with van der Waals surface area (Å²) in [6.45, 7) is 8.86. The molecule has 112 valence electrons. The quantitative estimate of drug-likeness (QED) is 0.804. The van der Waals surface area contributed by atoms with Gasteiger partial charge in [0, 0.05) is 18.5 Å². The lowest BCUT2D eigenvalue weighted by Gasteiger charge is -2.40. The van der Waals surface area contributed by atoms with E-state index in [0.29, 0.717) is 18.4 Å². The van der Waals surface area contributed by atoms with Gasteiger partial charge in [-0.15, -0.1) is 0 Å². The maximum absolute atomic E-state index is 12.0. The average Bonchev–Trinajstić information content (AvgIpc) is 2.27. The SMILES string of the molecule is CC(N)CCCC(=O)NC1CCCCC1C(C)(C)C. The summed E-state index contributed by atoms with van der Waals surface area (Å²) in [4.78, 5) is 12.0. The third kappa shape index (κ3) is 5.94. The van der Waals surface area contributed by atoms with Crippen LogP contribution in [0.15, 0.2) is 0 Å². The molecule has 0 bridgehead atoms. The lowest BCUT2D eigenvalue weighted by atomic mass is 9.69. The Morgan fingerprint density at radius 1 is 1.32 bits per heavy atom. The molecule has 0 spiro atoms. The Labute approximate surface area is 118 Å². The first-order chi connectivity index (χ1) is 8.80. The van der Waals surface area contributed by atoms with Crippen molar-refractivity contribution in [2.45, 2.75) is 84.7 Å². The minimum Gasteiger partial charge on any atom is -0.353 e. The molecule has 3 nitrogen and oxygen atoms in total. The molecule has 19 heavy (non-hydrogen) atoms. The van der Waals surface area contributed by atoms with Gasteiger partial charge >= 0.3 is 0 Å². The van der Waals surface area contributed by atoms with Gasteiger partial charge in [0.05, 0.1) is 0 Å². The second-order valence-corrected chi connectivity index (χ2v) is 7.30. The van der Waals surface area contributed by atoms with E-state index >= 15 is 0 Å². The number of carbonyl (C=O) groups excluding carboxylic acids is 1. The van der Waals surface area contributed by atoms with E-state index in [2.05, 4.69) is 26.1 Å². The minimum atomic E-state index is 0.199. The third-order valence-electron chi connectivity index (χ3n) is 4.29. The smallest absolute Gasteiger partial charge is 0.220 e. The Morgan fingerprint density at radius 3 is 2.53 bits per heavy atom. The van der Waals surface area contributed by atoms with Gasteiger partial charge in [-0.3, -0.25) is 4.79 Å². The van der Waals surface area contributed by atoms with Crippen LogP contribution in [0.25, 0.3) is 0 Å². The first-order valence-corrected chi connectivity index (χ1v) is 7.85. The average molecular weight is 268 g/mol. The van der Waals surface area contributed by atoms with E-state index in [4.69, 9.17) is 5.73 Å². The molecule has 0 aromatic heterocycles. The summed E-state index contributed by atoms with van der Waals surface area (Å²) in [6.07, 6.45) is 7.39. The van der Waals surface area contributed by atoms with Crippen molar-refractivity contribution in [3.05, 3.63) is 0 Å². The summed E-state index contributed by atoms with van der Waals surface area (Å²) in [7, 11) is 0. The molecule has 1 fully saturated rings. The van der Waals surface area contributed by atoms with Crippen molar-refractivity contribution in [1.82, 2.24) is 5.32 Å². The first-order valence-electron chi connectivity index (χ1n) is 7.85. The second-order valence-electron chi connectivity index (χ2n) is 7.30. The van der Waals surface area contributed by atoms with Gasteiger partial charge in [-0.2, -0.15) is 0 Å². The third-order valence-corrected chi connectivity index (χ3v) is 4.29. The lowest BCUT2D eigenvalue weighted by molar-refractivity contribution is -0.122. The van der Waals surface area contributed by atoms with E-state index in [0.717, 1.165) is 19.3 Å². The lowest BCUT2D eigenvalue weighted by Crippen LogP contribution is -2.46. The molecule has 3 heteroatoms. The maximum Gasteiger partial charge on any atom is 0.220 e. The molecule has 1 aliphatic carbocycles. The molecular weight excluding hydrogens is 236 g/mol. The van der Waals surface area contributed by atoms with Crippen molar-refractivity contribution in [2.24, 2.45) is 17.1 Å². The molecule has 0 radical (unpaired) electrons. The van der Waals surface area contributed by atoms with Gasteiger partial charge in [0.1, 0.15) is 0 Å². The zero-order valence-electron chi connectivity index (χ0n) is 13.2. The number of rotatable bonds is 5. The summed E-state index contributed by atoms with van der Waals surface area (Å²) in [5.74, 6) is 0.820. The van der Waals surface area contributed by atoms with Crippen LogP contribution in [0.2, 0.25) is 0 Å². The van der Waals surface area contributed by atoms with Crippen molar-refractivity contribution in [3.63, 3.8) is 0 Å². The highest BCUT2D eigenvalue weighted by Crippen LogP contribution is 2.37. The van der Waals surface area contributed by atoms with Gasteiger partial charge in [0.25, 0.3) is 0 Å². The minimum absolute atomic E-state index is 0.199. The first kappa shape index (κ1) is 16.5. The molecule has 1 amide bonds. The van der Waals surface area contributed by atoms with E-state index in [1.165, 1.54) is 19.3 Å². The van der Waals surface area contributed by atoms with Crippen molar-refractivity contribution in [2.75, 3.05) is 0 Å². The van der Waals surface area contributed by atoms with Crippen LogP contribution >= 0.6 is 0 Å². The standard InChI is InChI=1S/C16H32N2O/c1-12(17)8-7-11-15(19)18-14-10-6-5-9-13(14)16(2,3)4/h12-14H,5-11,17H2,1-4H3,(H,18,19). The molecule has 1 saturated carbocycles. The zero-order chi connectivity index (χ0) is 14.5. The molecular formula is C16H32N2O. The number of hydrogen-bond donors (Lipinski definition) is 2. The van der Waals surface area contributed by atoms with Crippen LogP contribution in [0.1, 0.15) is 72.6 Å². The normalized spacial score (nSPS) is 25.9. The molecule has 0 heterocycles. The predicted octanol–water partition coefficient (Wildman–Crippen LogP) is 3.23.